The zero-order valence-electron chi connectivity index (χ0n) is 15.4. The molecular weight excluding hydrogens is 388 g/mol. The van der Waals surface area contributed by atoms with Gasteiger partial charge in [0.25, 0.3) is 5.56 Å². The van der Waals surface area contributed by atoms with Gasteiger partial charge in [-0.15, -0.1) is 10.2 Å². The monoisotopic (exact) mass is 402 g/mol. The molecule has 0 aliphatic carbocycles. The smallest absolute Gasteiger partial charge is 0.267 e. The minimum Gasteiger partial charge on any atom is -0.497 e. The number of nitrogens with zero attached hydrogens (tertiary/aromatic N) is 4. The summed E-state index contributed by atoms with van der Waals surface area (Å²) in [5.41, 5.74) is 1.94. The SMILES string of the molecule is COc1ccc(-c2nnc3n(-c4ccccc4Cl)c(=O)c4ccccc4n23)cc1. The molecule has 0 bridgehead atoms. The van der Waals surface area contributed by atoms with Crippen LogP contribution >= 0.6 is 11.6 Å². The molecule has 142 valence electrons. The molecule has 5 rings (SSSR count). The highest BCUT2D eigenvalue weighted by Gasteiger charge is 2.19. The normalized spacial score (nSPS) is 11.2. The van der Waals surface area contributed by atoms with Gasteiger partial charge in [-0.1, -0.05) is 35.9 Å². The predicted octanol–water partition coefficient (Wildman–Crippen LogP) is 4.36. The summed E-state index contributed by atoms with van der Waals surface area (Å²) < 4.78 is 8.63. The average Bonchev–Trinajstić information content (AvgIpc) is 3.20. The fraction of sp³-hybridized carbons (Fsp3) is 0.0455. The maximum Gasteiger partial charge on any atom is 0.267 e. The lowest BCUT2D eigenvalue weighted by atomic mass is 10.2. The Morgan fingerprint density at radius 3 is 2.38 bits per heavy atom. The molecule has 0 unspecified atom stereocenters. The quantitative estimate of drug-likeness (QED) is 0.450. The zero-order chi connectivity index (χ0) is 20.0. The fourth-order valence-corrected chi connectivity index (χ4v) is 3.70. The van der Waals surface area contributed by atoms with Gasteiger partial charge in [0, 0.05) is 5.56 Å². The minimum absolute atomic E-state index is 0.199. The van der Waals surface area contributed by atoms with Gasteiger partial charge < -0.3 is 4.74 Å². The fourth-order valence-electron chi connectivity index (χ4n) is 3.48. The van der Waals surface area contributed by atoms with E-state index in [1.54, 1.807) is 25.3 Å². The standard InChI is InChI=1S/C22H15ClN4O2/c1-29-15-12-10-14(11-13-15)20-24-25-22-26(20)18-8-4-2-6-16(18)21(28)27(22)19-9-5-3-7-17(19)23/h2-13H,1H3. The minimum atomic E-state index is -0.199. The van der Waals surface area contributed by atoms with Gasteiger partial charge in [0.05, 0.1) is 28.7 Å². The van der Waals surface area contributed by atoms with Crippen LogP contribution in [0.2, 0.25) is 5.02 Å². The summed E-state index contributed by atoms with van der Waals surface area (Å²) in [4.78, 5) is 13.3. The first-order valence-corrected chi connectivity index (χ1v) is 9.35. The summed E-state index contributed by atoms with van der Waals surface area (Å²) in [5.74, 6) is 1.77. The number of methoxy groups -OCH3 is 1. The van der Waals surface area contributed by atoms with E-state index >= 15 is 0 Å². The molecule has 7 heteroatoms. The Morgan fingerprint density at radius 1 is 0.897 bits per heavy atom. The lowest BCUT2D eigenvalue weighted by Gasteiger charge is -2.12. The van der Waals surface area contributed by atoms with Gasteiger partial charge in [0.2, 0.25) is 5.78 Å². The molecule has 0 radical (unpaired) electrons. The van der Waals surface area contributed by atoms with Crippen molar-refractivity contribution < 1.29 is 4.74 Å². The van der Waals surface area contributed by atoms with E-state index in [1.165, 1.54) is 4.57 Å². The van der Waals surface area contributed by atoms with Crippen LogP contribution in [0.15, 0.2) is 77.6 Å². The Labute approximate surface area is 170 Å². The van der Waals surface area contributed by atoms with E-state index in [4.69, 9.17) is 16.3 Å². The molecule has 0 atom stereocenters. The average molecular weight is 403 g/mol. The second-order valence-corrected chi connectivity index (χ2v) is 6.90. The van der Waals surface area contributed by atoms with Crippen molar-refractivity contribution >= 4 is 28.3 Å². The van der Waals surface area contributed by atoms with Crippen molar-refractivity contribution in [2.45, 2.75) is 0 Å². The summed E-state index contributed by atoms with van der Waals surface area (Å²) >= 11 is 6.41. The van der Waals surface area contributed by atoms with Gasteiger partial charge in [-0.05, 0) is 48.5 Å². The molecular formula is C22H15ClN4O2. The van der Waals surface area contributed by atoms with E-state index in [1.807, 2.05) is 59.0 Å². The van der Waals surface area contributed by atoms with Gasteiger partial charge in [-0.2, -0.15) is 0 Å². The number of hydrogen-bond donors (Lipinski definition) is 0. The van der Waals surface area contributed by atoms with E-state index < -0.39 is 0 Å². The van der Waals surface area contributed by atoms with Gasteiger partial charge in [0.15, 0.2) is 5.82 Å². The first-order valence-electron chi connectivity index (χ1n) is 8.97. The van der Waals surface area contributed by atoms with E-state index in [9.17, 15) is 4.79 Å². The molecule has 0 aliphatic rings. The van der Waals surface area contributed by atoms with Crippen molar-refractivity contribution in [1.82, 2.24) is 19.2 Å². The Hall–Kier alpha value is -3.64. The van der Waals surface area contributed by atoms with Crippen molar-refractivity contribution in [3.63, 3.8) is 0 Å². The third-order valence-electron chi connectivity index (χ3n) is 4.87. The van der Waals surface area contributed by atoms with Crippen molar-refractivity contribution in [3.05, 3.63) is 88.2 Å². The van der Waals surface area contributed by atoms with Crippen LogP contribution in [-0.4, -0.2) is 26.3 Å². The van der Waals surface area contributed by atoms with Crippen molar-refractivity contribution in [2.75, 3.05) is 7.11 Å². The highest BCUT2D eigenvalue weighted by Crippen LogP contribution is 2.27. The van der Waals surface area contributed by atoms with Crippen LogP contribution in [0.3, 0.4) is 0 Å². The molecule has 29 heavy (non-hydrogen) atoms. The molecule has 0 amide bonds. The van der Waals surface area contributed by atoms with Crippen molar-refractivity contribution in [1.29, 1.82) is 0 Å². The van der Waals surface area contributed by atoms with Gasteiger partial charge in [0.1, 0.15) is 5.75 Å². The van der Waals surface area contributed by atoms with E-state index in [-0.39, 0.29) is 5.56 Å². The third kappa shape index (κ3) is 2.68. The predicted molar refractivity (Wildman–Crippen MR) is 113 cm³/mol. The number of para-hydroxylation sites is 2. The molecule has 6 nitrogen and oxygen atoms in total. The Kier molecular flexibility index (Phi) is 4.07. The first-order chi connectivity index (χ1) is 14.2. The van der Waals surface area contributed by atoms with E-state index in [0.717, 1.165) is 16.8 Å². The third-order valence-corrected chi connectivity index (χ3v) is 5.19. The summed E-state index contributed by atoms with van der Waals surface area (Å²) in [5, 5.41) is 9.76. The summed E-state index contributed by atoms with van der Waals surface area (Å²) in [6.45, 7) is 0. The number of rotatable bonds is 3. The second-order valence-electron chi connectivity index (χ2n) is 6.50. The lowest BCUT2D eigenvalue weighted by molar-refractivity contribution is 0.415. The molecule has 3 aromatic carbocycles. The molecule has 0 spiro atoms. The van der Waals surface area contributed by atoms with Gasteiger partial charge in [-0.25, -0.2) is 4.57 Å². The second kappa shape index (κ2) is 6.76. The highest BCUT2D eigenvalue weighted by atomic mass is 35.5. The summed E-state index contributed by atoms with van der Waals surface area (Å²) in [7, 11) is 1.62. The van der Waals surface area contributed by atoms with Crippen LogP contribution in [0.5, 0.6) is 5.75 Å². The molecule has 5 aromatic rings. The van der Waals surface area contributed by atoms with Crippen LogP contribution in [0.1, 0.15) is 0 Å². The summed E-state index contributed by atoms with van der Waals surface area (Å²) in [6, 6.07) is 22.1. The number of ether oxygens (including phenoxy) is 1. The molecule has 2 aromatic heterocycles. The molecule has 0 saturated carbocycles. The van der Waals surface area contributed by atoms with Gasteiger partial charge >= 0.3 is 0 Å². The van der Waals surface area contributed by atoms with Crippen LogP contribution in [0.4, 0.5) is 0 Å². The van der Waals surface area contributed by atoms with E-state index in [2.05, 4.69) is 10.2 Å². The summed E-state index contributed by atoms with van der Waals surface area (Å²) in [6.07, 6.45) is 0. The van der Waals surface area contributed by atoms with E-state index in [0.29, 0.717) is 27.7 Å². The number of fused-ring (bicyclic) bond motifs is 3. The molecule has 2 heterocycles. The van der Waals surface area contributed by atoms with Crippen LogP contribution in [-0.2, 0) is 0 Å². The number of aromatic nitrogens is 4. The topological polar surface area (TPSA) is 61.4 Å². The van der Waals surface area contributed by atoms with Gasteiger partial charge in [-0.3, -0.25) is 9.20 Å². The van der Waals surface area contributed by atoms with Crippen LogP contribution in [0.25, 0.3) is 33.8 Å². The number of hydrogen-bond acceptors (Lipinski definition) is 4. The Bertz CT molecular complexity index is 1420. The first kappa shape index (κ1) is 17.5. The Balaban J connectivity index is 1.92. The highest BCUT2D eigenvalue weighted by molar-refractivity contribution is 6.32. The maximum atomic E-state index is 13.3. The van der Waals surface area contributed by atoms with Crippen molar-refractivity contribution in [2.24, 2.45) is 0 Å². The largest absolute Gasteiger partial charge is 0.497 e. The molecule has 0 aliphatic heterocycles. The number of halogens is 1. The number of benzene rings is 3. The zero-order valence-corrected chi connectivity index (χ0v) is 16.2. The maximum absolute atomic E-state index is 13.3. The Morgan fingerprint density at radius 2 is 1.62 bits per heavy atom. The molecule has 0 saturated heterocycles. The van der Waals surface area contributed by atoms with Crippen LogP contribution in [0, 0.1) is 0 Å². The molecule has 0 fully saturated rings. The lowest BCUT2D eigenvalue weighted by Crippen LogP contribution is -2.22. The van der Waals surface area contributed by atoms with Crippen LogP contribution < -0.4 is 10.3 Å². The molecule has 0 N–H and O–H groups in total. The van der Waals surface area contributed by atoms with Crippen molar-refractivity contribution in [3.8, 4) is 22.8 Å².